The molecule has 126 valence electrons. The van der Waals surface area contributed by atoms with Crippen LogP contribution in [0.2, 0.25) is 0 Å². The first-order valence-corrected chi connectivity index (χ1v) is 7.25. The summed E-state index contributed by atoms with van der Waals surface area (Å²) in [5.74, 6) is -2.79. The molecule has 25 heavy (non-hydrogen) atoms. The van der Waals surface area contributed by atoms with Gasteiger partial charge < -0.3 is 4.42 Å². The lowest BCUT2D eigenvalue weighted by Crippen LogP contribution is -2.41. The van der Waals surface area contributed by atoms with Crippen LogP contribution < -0.4 is 10.9 Å². The fraction of sp³-hybridized carbons (Fsp3) is 0. The summed E-state index contributed by atoms with van der Waals surface area (Å²) in [6.45, 7) is 0. The predicted molar refractivity (Wildman–Crippen MR) is 85.4 cm³/mol. The zero-order valence-electron chi connectivity index (χ0n) is 12.8. The lowest BCUT2D eigenvalue weighted by molar-refractivity contribution is 0.0831. The first-order valence-electron chi connectivity index (χ1n) is 7.25. The number of hydrogen-bond acceptors (Lipinski definition) is 3. The van der Waals surface area contributed by atoms with E-state index in [0.717, 1.165) is 12.1 Å². The second kappa shape index (κ2) is 6.96. The lowest BCUT2D eigenvalue weighted by atomic mass is 10.1. The van der Waals surface area contributed by atoms with Crippen LogP contribution in [0.25, 0.3) is 11.3 Å². The fourth-order valence-electron chi connectivity index (χ4n) is 2.13. The van der Waals surface area contributed by atoms with Crippen molar-refractivity contribution in [1.29, 1.82) is 0 Å². The molecule has 5 nitrogen and oxygen atoms in total. The van der Waals surface area contributed by atoms with Crippen LogP contribution >= 0.6 is 0 Å². The van der Waals surface area contributed by atoms with Gasteiger partial charge in [-0.25, -0.2) is 8.78 Å². The van der Waals surface area contributed by atoms with E-state index in [1.807, 2.05) is 0 Å². The Morgan fingerprint density at radius 3 is 2.28 bits per heavy atom. The number of furan rings is 1. The van der Waals surface area contributed by atoms with E-state index in [2.05, 4.69) is 10.9 Å². The van der Waals surface area contributed by atoms with Crippen molar-refractivity contribution in [1.82, 2.24) is 10.9 Å². The standard InChI is InChI=1S/C18H12F2N2O3/c19-12-6-7-13(14(20)10-12)15-8-9-16(25-15)18(24)22-21-17(23)11-4-2-1-3-5-11/h1-10H,(H,21,23)(H,22,24). The first kappa shape index (κ1) is 16.4. The Kier molecular flexibility index (Phi) is 4.56. The van der Waals surface area contributed by atoms with Crippen LogP contribution in [-0.4, -0.2) is 11.8 Å². The number of rotatable bonds is 3. The highest BCUT2D eigenvalue weighted by Crippen LogP contribution is 2.25. The molecule has 2 amide bonds. The quantitative estimate of drug-likeness (QED) is 0.718. The summed E-state index contributed by atoms with van der Waals surface area (Å²) in [5, 5.41) is 0. The van der Waals surface area contributed by atoms with Crippen LogP contribution in [0, 0.1) is 11.6 Å². The zero-order valence-corrected chi connectivity index (χ0v) is 12.8. The molecule has 3 aromatic rings. The maximum atomic E-state index is 13.7. The van der Waals surface area contributed by atoms with E-state index in [-0.39, 0.29) is 17.1 Å². The minimum atomic E-state index is -0.807. The van der Waals surface area contributed by atoms with Crippen LogP contribution in [0.5, 0.6) is 0 Å². The molecule has 1 heterocycles. The molecule has 0 aliphatic rings. The van der Waals surface area contributed by atoms with Crippen LogP contribution in [0.3, 0.4) is 0 Å². The molecule has 0 fully saturated rings. The highest BCUT2D eigenvalue weighted by Gasteiger charge is 2.16. The molecule has 0 atom stereocenters. The number of carbonyl (C=O) groups excluding carboxylic acids is 2. The second-order valence-corrected chi connectivity index (χ2v) is 5.06. The van der Waals surface area contributed by atoms with Gasteiger partial charge in [-0.15, -0.1) is 0 Å². The van der Waals surface area contributed by atoms with Gasteiger partial charge in [0.15, 0.2) is 5.76 Å². The molecule has 0 unspecified atom stereocenters. The molecule has 0 saturated heterocycles. The highest BCUT2D eigenvalue weighted by molar-refractivity contribution is 5.98. The number of hydrazine groups is 1. The summed E-state index contributed by atoms with van der Waals surface area (Å²) in [6, 6.07) is 14.0. The molecule has 7 heteroatoms. The Morgan fingerprint density at radius 2 is 1.56 bits per heavy atom. The molecular formula is C18H12F2N2O3. The van der Waals surface area contributed by atoms with Gasteiger partial charge in [0.1, 0.15) is 17.4 Å². The van der Waals surface area contributed by atoms with Gasteiger partial charge in [-0.2, -0.15) is 0 Å². The topological polar surface area (TPSA) is 71.3 Å². The first-order chi connectivity index (χ1) is 12.0. The monoisotopic (exact) mass is 342 g/mol. The number of halogens is 2. The Morgan fingerprint density at radius 1 is 0.840 bits per heavy atom. The van der Waals surface area contributed by atoms with Crippen LogP contribution in [0.1, 0.15) is 20.9 Å². The van der Waals surface area contributed by atoms with E-state index in [4.69, 9.17) is 4.42 Å². The van der Waals surface area contributed by atoms with Crippen molar-refractivity contribution in [2.45, 2.75) is 0 Å². The minimum Gasteiger partial charge on any atom is -0.451 e. The van der Waals surface area contributed by atoms with Gasteiger partial charge in [-0.05, 0) is 36.4 Å². The summed E-state index contributed by atoms with van der Waals surface area (Å²) < 4.78 is 31.9. The predicted octanol–water partition coefficient (Wildman–Crippen LogP) is 3.30. The summed E-state index contributed by atoms with van der Waals surface area (Å²) in [5.41, 5.74) is 4.84. The highest BCUT2D eigenvalue weighted by atomic mass is 19.1. The van der Waals surface area contributed by atoms with Gasteiger partial charge in [-0.1, -0.05) is 18.2 Å². The van der Waals surface area contributed by atoms with Gasteiger partial charge >= 0.3 is 5.91 Å². The van der Waals surface area contributed by atoms with Crippen molar-refractivity contribution >= 4 is 11.8 Å². The van der Waals surface area contributed by atoms with Crippen LogP contribution in [0.15, 0.2) is 65.1 Å². The molecule has 2 aromatic carbocycles. The van der Waals surface area contributed by atoms with Gasteiger partial charge in [0.25, 0.3) is 5.91 Å². The van der Waals surface area contributed by atoms with E-state index in [1.165, 1.54) is 18.2 Å². The van der Waals surface area contributed by atoms with E-state index >= 15 is 0 Å². The molecule has 3 rings (SSSR count). The van der Waals surface area contributed by atoms with E-state index in [1.54, 1.807) is 30.3 Å². The fourth-order valence-corrected chi connectivity index (χ4v) is 2.13. The molecule has 0 spiro atoms. The number of nitrogens with one attached hydrogen (secondary N) is 2. The summed E-state index contributed by atoms with van der Waals surface area (Å²) >= 11 is 0. The van der Waals surface area contributed by atoms with E-state index in [0.29, 0.717) is 5.56 Å². The molecule has 2 N–H and O–H groups in total. The van der Waals surface area contributed by atoms with Gasteiger partial charge in [-0.3, -0.25) is 20.4 Å². The molecule has 0 saturated carbocycles. The molecule has 1 aromatic heterocycles. The van der Waals surface area contributed by atoms with Crippen molar-refractivity contribution in [2.24, 2.45) is 0 Å². The van der Waals surface area contributed by atoms with Crippen LogP contribution in [0.4, 0.5) is 8.78 Å². The molecule has 0 radical (unpaired) electrons. The summed E-state index contributed by atoms with van der Waals surface area (Å²) in [4.78, 5) is 23.8. The Hall–Kier alpha value is -3.48. The number of benzene rings is 2. The van der Waals surface area contributed by atoms with Crippen molar-refractivity contribution < 1.29 is 22.8 Å². The van der Waals surface area contributed by atoms with Gasteiger partial charge in [0.05, 0.1) is 5.56 Å². The van der Waals surface area contributed by atoms with Crippen molar-refractivity contribution in [2.75, 3.05) is 0 Å². The Balaban J connectivity index is 1.68. The van der Waals surface area contributed by atoms with E-state index in [9.17, 15) is 18.4 Å². The third kappa shape index (κ3) is 3.72. The van der Waals surface area contributed by atoms with Crippen LogP contribution in [-0.2, 0) is 0 Å². The van der Waals surface area contributed by atoms with Gasteiger partial charge in [0, 0.05) is 11.6 Å². The van der Waals surface area contributed by atoms with E-state index < -0.39 is 23.4 Å². The maximum absolute atomic E-state index is 13.7. The molecule has 0 aliphatic heterocycles. The minimum absolute atomic E-state index is 0.0220. The number of carbonyl (C=O) groups is 2. The van der Waals surface area contributed by atoms with Crippen molar-refractivity contribution in [3.8, 4) is 11.3 Å². The van der Waals surface area contributed by atoms with Crippen molar-refractivity contribution in [3.63, 3.8) is 0 Å². The average Bonchev–Trinajstić information content (AvgIpc) is 3.10. The molecule has 0 aliphatic carbocycles. The van der Waals surface area contributed by atoms with Gasteiger partial charge in [0.2, 0.25) is 0 Å². The Bertz CT molecular complexity index is 923. The zero-order chi connectivity index (χ0) is 17.8. The number of hydrogen-bond donors (Lipinski definition) is 2. The summed E-state index contributed by atoms with van der Waals surface area (Å²) in [7, 11) is 0. The largest absolute Gasteiger partial charge is 0.451 e. The van der Waals surface area contributed by atoms with Crippen molar-refractivity contribution in [3.05, 3.63) is 83.6 Å². The lowest BCUT2D eigenvalue weighted by Gasteiger charge is -2.05. The summed E-state index contributed by atoms with van der Waals surface area (Å²) in [6.07, 6.45) is 0. The normalized spacial score (nSPS) is 10.3. The third-order valence-electron chi connectivity index (χ3n) is 3.35. The average molecular weight is 342 g/mol. The SMILES string of the molecule is O=C(NNC(=O)c1ccc(-c2ccc(F)cc2F)o1)c1ccccc1. The smallest absolute Gasteiger partial charge is 0.305 e. The second-order valence-electron chi connectivity index (χ2n) is 5.06. The molecule has 0 bridgehead atoms. The number of amides is 2. The maximum Gasteiger partial charge on any atom is 0.305 e. The molecular weight excluding hydrogens is 330 g/mol. The third-order valence-corrected chi connectivity index (χ3v) is 3.35. The Labute approximate surface area is 141 Å².